The summed E-state index contributed by atoms with van der Waals surface area (Å²) in [4.78, 5) is 4.09. The first kappa shape index (κ1) is 14.8. The third-order valence-electron chi connectivity index (χ3n) is 2.41. The molecule has 18 heavy (non-hydrogen) atoms. The third kappa shape index (κ3) is 3.64. The van der Waals surface area contributed by atoms with Gasteiger partial charge in [0.05, 0.1) is 4.99 Å². The van der Waals surface area contributed by atoms with Crippen LogP contribution in [-0.2, 0) is 10.0 Å². The summed E-state index contributed by atoms with van der Waals surface area (Å²) in [7, 11) is -3.64. The zero-order valence-electron chi connectivity index (χ0n) is 10.6. The molecule has 1 unspecified atom stereocenters. The second-order valence-electron chi connectivity index (χ2n) is 4.12. The Kier molecular flexibility index (Phi) is 4.64. The number of nitrogens with two attached hydrogens (primary N) is 1. The number of rotatable bonds is 5. The van der Waals surface area contributed by atoms with E-state index < -0.39 is 15.3 Å². The molecule has 0 bridgehead atoms. The van der Waals surface area contributed by atoms with Gasteiger partial charge in [-0.25, -0.2) is 13.4 Å². The molecule has 100 valence electrons. The summed E-state index contributed by atoms with van der Waals surface area (Å²) in [6, 6.07) is 3.53. The van der Waals surface area contributed by atoms with E-state index in [1.807, 2.05) is 13.0 Å². The maximum Gasteiger partial charge on any atom is 0.243 e. The average molecular weight is 287 g/mol. The third-order valence-corrected chi connectivity index (χ3v) is 4.67. The van der Waals surface area contributed by atoms with Gasteiger partial charge in [-0.3, -0.25) is 4.72 Å². The Bertz CT molecular complexity index is 535. The van der Waals surface area contributed by atoms with Crippen molar-refractivity contribution in [3.8, 4) is 0 Å². The van der Waals surface area contributed by atoms with Crippen LogP contribution in [0.25, 0.3) is 0 Å². The van der Waals surface area contributed by atoms with Crippen LogP contribution in [0.1, 0.15) is 24.6 Å². The Morgan fingerprint density at radius 2 is 2.11 bits per heavy atom. The maximum absolute atomic E-state index is 12.1. The molecule has 7 heteroatoms. The van der Waals surface area contributed by atoms with E-state index in [4.69, 9.17) is 18.0 Å². The minimum Gasteiger partial charge on any atom is -0.392 e. The average Bonchev–Trinajstić information content (AvgIpc) is 2.13. The monoisotopic (exact) mass is 287 g/mol. The van der Waals surface area contributed by atoms with E-state index >= 15 is 0 Å². The first-order valence-electron chi connectivity index (χ1n) is 5.52. The molecule has 1 rings (SSSR count). The van der Waals surface area contributed by atoms with Crippen LogP contribution >= 0.6 is 12.2 Å². The van der Waals surface area contributed by atoms with E-state index in [9.17, 15) is 8.42 Å². The van der Waals surface area contributed by atoms with Crippen LogP contribution in [0.5, 0.6) is 0 Å². The van der Waals surface area contributed by atoms with Crippen LogP contribution in [0.15, 0.2) is 12.1 Å². The molecule has 0 aromatic carbocycles. The van der Waals surface area contributed by atoms with E-state index in [1.54, 1.807) is 19.9 Å². The van der Waals surface area contributed by atoms with Crippen LogP contribution in [-0.4, -0.2) is 23.6 Å². The van der Waals surface area contributed by atoms with Crippen molar-refractivity contribution in [2.45, 2.75) is 32.4 Å². The van der Waals surface area contributed by atoms with E-state index in [2.05, 4.69) is 9.71 Å². The van der Waals surface area contributed by atoms with Crippen molar-refractivity contribution in [2.24, 2.45) is 5.73 Å². The van der Waals surface area contributed by atoms with Gasteiger partial charge in [-0.1, -0.05) is 19.1 Å². The lowest BCUT2D eigenvalue weighted by Gasteiger charge is -2.16. The van der Waals surface area contributed by atoms with Crippen LogP contribution in [0.4, 0.5) is 5.82 Å². The van der Waals surface area contributed by atoms with Gasteiger partial charge in [0.15, 0.2) is 0 Å². The second kappa shape index (κ2) is 5.62. The number of thiocarbonyl (C=S) groups is 1. The Morgan fingerprint density at radius 1 is 1.50 bits per heavy atom. The minimum absolute atomic E-state index is 0.0330. The molecule has 0 spiro atoms. The number of nitrogens with one attached hydrogen (secondary N) is 1. The quantitative estimate of drug-likeness (QED) is 0.802. The highest BCUT2D eigenvalue weighted by Gasteiger charge is 2.26. The molecule has 0 aliphatic carbocycles. The zero-order valence-corrected chi connectivity index (χ0v) is 12.2. The molecular weight excluding hydrogens is 270 g/mol. The van der Waals surface area contributed by atoms with E-state index in [-0.39, 0.29) is 4.99 Å². The SMILES string of the molecule is CCC(C(N)=S)S(=O)(=O)Nc1cc(C)cc(C)n1. The lowest BCUT2D eigenvalue weighted by molar-refractivity contribution is 0.594. The number of hydrogen-bond donors (Lipinski definition) is 2. The van der Waals surface area contributed by atoms with Crippen molar-refractivity contribution in [1.82, 2.24) is 4.98 Å². The number of anilines is 1. The van der Waals surface area contributed by atoms with Gasteiger partial charge in [0.1, 0.15) is 11.1 Å². The molecule has 0 saturated carbocycles. The van der Waals surface area contributed by atoms with E-state index in [1.165, 1.54) is 0 Å². The molecular formula is C11H17N3O2S2. The van der Waals surface area contributed by atoms with Crippen molar-refractivity contribution in [3.63, 3.8) is 0 Å². The van der Waals surface area contributed by atoms with Gasteiger partial charge in [0.2, 0.25) is 10.0 Å². The first-order valence-corrected chi connectivity index (χ1v) is 7.48. The summed E-state index contributed by atoms with van der Waals surface area (Å²) in [6.45, 7) is 5.39. The largest absolute Gasteiger partial charge is 0.392 e. The Morgan fingerprint density at radius 3 is 2.56 bits per heavy atom. The molecule has 0 aliphatic heterocycles. The lowest BCUT2D eigenvalue weighted by Crippen LogP contribution is -2.37. The molecule has 1 heterocycles. The van der Waals surface area contributed by atoms with Crippen molar-refractivity contribution in [3.05, 3.63) is 23.4 Å². The number of sulfonamides is 1. The summed E-state index contributed by atoms with van der Waals surface area (Å²) >= 11 is 4.77. The normalized spacial score (nSPS) is 13.1. The molecule has 5 nitrogen and oxygen atoms in total. The predicted molar refractivity (Wildman–Crippen MR) is 77.1 cm³/mol. The van der Waals surface area contributed by atoms with Crippen LogP contribution in [0.3, 0.4) is 0 Å². The molecule has 1 aromatic rings. The number of pyridine rings is 1. The van der Waals surface area contributed by atoms with Gasteiger partial charge in [0, 0.05) is 5.69 Å². The molecule has 0 radical (unpaired) electrons. The fourth-order valence-corrected chi connectivity index (χ4v) is 3.51. The van der Waals surface area contributed by atoms with Crippen molar-refractivity contribution in [1.29, 1.82) is 0 Å². The smallest absolute Gasteiger partial charge is 0.243 e. The molecule has 0 amide bonds. The van der Waals surface area contributed by atoms with Gasteiger partial charge in [0.25, 0.3) is 0 Å². The topological polar surface area (TPSA) is 85.1 Å². The van der Waals surface area contributed by atoms with Crippen LogP contribution < -0.4 is 10.5 Å². The van der Waals surface area contributed by atoms with Crippen LogP contribution in [0.2, 0.25) is 0 Å². The Balaban J connectivity index is 3.05. The number of nitrogens with zero attached hydrogens (tertiary/aromatic N) is 1. The maximum atomic E-state index is 12.1. The summed E-state index contributed by atoms with van der Waals surface area (Å²) < 4.78 is 26.6. The second-order valence-corrected chi connectivity index (χ2v) is 6.45. The van der Waals surface area contributed by atoms with Crippen LogP contribution in [0, 0.1) is 13.8 Å². The van der Waals surface area contributed by atoms with Gasteiger partial charge in [-0.05, 0) is 38.0 Å². The highest BCUT2D eigenvalue weighted by molar-refractivity contribution is 7.95. The fourth-order valence-electron chi connectivity index (χ4n) is 1.68. The minimum atomic E-state index is -3.64. The molecule has 0 fully saturated rings. The van der Waals surface area contributed by atoms with Crippen molar-refractivity contribution < 1.29 is 8.42 Å². The highest BCUT2D eigenvalue weighted by Crippen LogP contribution is 2.14. The van der Waals surface area contributed by atoms with Gasteiger partial charge < -0.3 is 5.73 Å². The predicted octanol–water partition coefficient (Wildman–Crippen LogP) is 1.50. The molecule has 3 N–H and O–H groups in total. The number of hydrogen-bond acceptors (Lipinski definition) is 4. The highest BCUT2D eigenvalue weighted by atomic mass is 32.2. The van der Waals surface area contributed by atoms with E-state index in [0.717, 1.165) is 11.3 Å². The van der Waals surface area contributed by atoms with Crippen molar-refractivity contribution >= 4 is 33.0 Å². The zero-order chi connectivity index (χ0) is 13.9. The summed E-state index contributed by atoms with van der Waals surface area (Å²) in [5.41, 5.74) is 7.12. The summed E-state index contributed by atoms with van der Waals surface area (Å²) in [5, 5.41) is -0.880. The number of aromatic nitrogens is 1. The van der Waals surface area contributed by atoms with Gasteiger partial charge in [-0.2, -0.15) is 0 Å². The Labute approximate surface area is 113 Å². The number of aryl methyl sites for hydroxylation is 2. The molecule has 0 aliphatic rings. The van der Waals surface area contributed by atoms with E-state index in [0.29, 0.717) is 12.2 Å². The van der Waals surface area contributed by atoms with Gasteiger partial charge >= 0.3 is 0 Å². The standard InChI is InChI=1S/C11H17N3O2S2/c1-4-9(11(12)17)18(15,16)14-10-6-7(2)5-8(3)13-10/h5-6,9H,4H2,1-3H3,(H2,12,17)(H,13,14). The Hall–Kier alpha value is -1.21. The summed E-state index contributed by atoms with van der Waals surface area (Å²) in [5.74, 6) is 0.294. The summed E-state index contributed by atoms with van der Waals surface area (Å²) in [6.07, 6.45) is 0.329. The molecule has 0 saturated heterocycles. The molecule has 1 aromatic heterocycles. The first-order chi connectivity index (χ1) is 8.26. The fraction of sp³-hybridized carbons (Fsp3) is 0.455. The molecule has 1 atom stereocenters. The van der Waals surface area contributed by atoms with Crippen molar-refractivity contribution in [2.75, 3.05) is 4.72 Å². The van der Waals surface area contributed by atoms with Gasteiger partial charge in [-0.15, -0.1) is 0 Å². The lowest BCUT2D eigenvalue weighted by atomic mass is 10.2.